The second kappa shape index (κ2) is 6.21. The van der Waals surface area contributed by atoms with E-state index < -0.39 is 0 Å². The summed E-state index contributed by atoms with van der Waals surface area (Å²) in [5.74, 6) is 1.05. The summed E-state index contributed by atoms with van der Waals surface area (Å²) in [6, 6.07) is 5.50. The number of hydrogen-bond donors (Lipinski definition) is 1. The minimum atomic E-state index is 0.418. The van der Waals surface area contributed by atoms with Gasteiger partial charge in [-0.25, -0.2) is 19.9 Å². The maximum atomic E-state index is 5.51. The first-order chi connectivity index (χ1) is 11.9. The van der Waals surface area contributed by atoms with Crippen LogP contribution in [-0.2, 0) is 0 Å². The third-order valence-corrected chi connectivity index (χ3v) is 3.26. The molecule has 0 amide bonds. The molecule has 116 valence electrons. The fourth-order valence-electron chi connectivity index (χ4n) is 2.20. The summed E-state index contributed by atoms with van der Waals surface area (Å²) in [4.78, 5) is 16.8. The van der Waals surface area contributed by atoms with Crippen LogP contribution in [0.25, 0.3) is 22.6 Å². The van der Waals surface area contributed by atoms with E-state index in [0.29, 0.717) is 23.1 Å². The van der Waals surface area contributed by atoms with Gasteiger partial charge in [0.05, 0.1) is 36.7 Å². The highest BCUT2D eigenvalue weighted by Crippen LogP contribution is 2.30. The van der Waals surface area contributed by atoms with Gasteiger partial charge in [0, 0.05) is 17.3 Å². The molecule has 0 unspecified atom stereocenters. The zero-order chi connectivity index (χ0) is 16.2. The lowest BCUT2D eigenvalue weighted by molar-refractivity contribution is 0.580. The molecule has 0 bridgehead atoms. The van der Waals surface area contributed by atoms with Crippen LogP contribution in [0.2, 0.25) is 0 Å². The second-order valence-electron chi connectivity index (χ2n) is 4.82. The molecule has 0 saturated heterocycles. The summed E-state index contributed by atoms with van der Waals surface area (Å²) in [6.45, 7) is 0. The summed E-state index contributed by atoms with van der Waals surface area (Å²) >= 11 is 0. The van der Waals surface area contributed by atoms with Gasteiger partial charge >= 0.3 is 0 Å². The zero-order valence-electron chi connectivity index (χ0n) is 12.4. The smallest absolute Gasteiger partial charge is 0.227 e. The molecule has 1 N–H and O–H groups in total. The van der Waals surface area contributed by atoms with E-state index in [1.54, 1.807) is 37.2 Å². The largest absolute Gasteiger partial charge is 0.463 e. The van der Waals surface area contributed by atoms with Crippen LogP contribution in [-0.4, -0.2) is 30.1 Å². The minimum Gasteiger partial charge on any atom is -0.463 e. The number of aromatic nitrogens is 6. The van der Waals surface area contributed by atoms with Gasteiger partial charge in [-0.2, -0.15) is 10.2 Å². The number of furan rings is 1. The lowest BCUT2D eigenvalue weighted by Crippen LogP contribution is -2.00. The van der Waals surface area contributed by atoms with E-state index in [1.807, 2.05) is 18.2 Å². The van der Waals surface area contributed by atoms with Crippen molar-refractivity contribution in [1.82, 2.24) is 30.1 Å². The molecule has 4 aromatic heterocycles. The minimum absolute atomic E-state index is 0.418. The van der Waals surface area contributed by atoms with Crippen molar-refractivity contribution in [2.75, 3.05) is 5.32 Å². The first-order valence-electron chi connectivity index (χ1n) is 7.10. The van der Waals surface area contributed by atoms with Crippen molar-refractivity contribution >= 4 is 11.6 Å². The van der Waals surface area contributed by atoms with E-state index in [4.69, 9.17) is 4.42 Å². The van der Waals surface area contributed by atoms with E-state index in [9.17, 15) is 0 Å². The van der Waals surface area contributed by atoms with Crippen molar-refractivity contribution in [1.29, 1.82) is 0 Å². The summed E-state index contributed by atoms with van der Waals surface area (Å²) in [7, 11) is 0. The van der Waals surface area contributed by atoms with E-state index >= 15 is 0 Å². The van der Waals surface area contributed by atoms with Crippen LogP contribution >= 0.6 is 0 Å². The fraction of sp³-hybridized carbons (Fsp3) is 0. The first-order valence-corrected chi connectivity index (χ1v) is 7.10. The lowest BCUT2D eigenvalue weighted by Gasteiger charge is -2.09. The van der Waals surface area contributed by atoms with Gasteiger partial charge in [-0.15, -0.1) is 0 Å². The average molecular weight is 317 g/mol. The molecule has 8 nitrogen and oxygen atoms in total. The highest BCUT2D eigenvalue weighted by atomic mass is 16.3. The molecule has 4 aromatic rings. The third kappa shape index (κ3) is 2.80. The summed E-state index contributed by atoms with van der Waals surface area (Å²) in [6.07, 6.45) is 11.3. The molecule has 0 aliphatic carbocycles. The summed E-state index contributed by atoms with van der Waals surface area (Å²) in [5, 5.41) is 10.8. The monoisotopic (exact) mass is 317 g/mol. The number of nitrogens with zero attached hydrogens (tertiary/aromatic N) is 6. The van der Waals surface area contributed by atoms with Gasteiger partial charge < -0.3 is 9.73 Å². The van der Waals surface area contributed by atoms with Crippen molar-refractivity contribution in [2.45, 2.75) is 0 Å². The van der Waals surface area contributed by atoms with Crippen molar-refractivity contribution in [3.8, 4) is 22.6 Å². The van der Waals surface area contributed by atoms with Crippen molar-refractivity contribution in [3.63, 3.8) is 0 Å². The van der Waals surface area contributed by atoms with Crippen LogP contribution in [0.15, 0.2) is 66.2 Å². The lowest BCUT2D eigenvalue weighted by atomic mass is 10.1. The Morgan fingerprint density at radius 2 is 1.88 bits per heavy atom. The van der Waals surface area contributed by atoms with Gasteiger partial charge in [-0.1, -0.05) is 0 Å². The fourth-order valence-corrected chi connectivity index (χ4v) is 2.20. The SMILES string of the molecule is c1coc(-c2nc(Nc3cncnc3)ncc2-c2ccnnc2)c1. The number of rotatable bonds is 4. The van der Waals surface area contributed by atoms with E-state index in [2.05, 4.69) is 35.5 Å². The topological polar surface area (TPSA) is 103 Å². The predicted molar refractivity (Wildman–Crippen MR) is 86.1 cm³/mol. The number of nitrogens with one attached hydrogen (secondary N) is 1. The summed E-state index contributed by atoms with van der Waals surface area (Å²) in [5.41, 5.74) is 3.00. The molecule has 4 rings (SSSR count). The molecule has 0 fully saturated rings. The average Bonchev–Trinajstić information content (AvgIpc) is 3.18. The molecule has 0 atom stereocenters. The zero-order valence-corrected chi connectivity index (χ0v) is 12.4. The van der Waals surface area contributed by atoms with E-state index in [1.165, 1.54) is 6.33 Å². The molecule has 0 radical (unpaired) electrons. The van der Waals surface area contributed by atoms with Crippen LogP contribution in [0.3, 0.4) is 0 Å². The Hall–Kier alpha value is -3.68. The predicted octanol–water partition coefficient (Wildman–Crippen LogP) is 2.73. The molecule has 0 aromatic carbocycles. The van der Waals surface area contributed by atoms with Crippen molar-refractivity contribution < 1.29 is 4.42 Å². The maximum absolute atomic E-state index is 5.51. The maximum Gasteiger partial charge on any atom is 0.227 e. The van der Waals surface area contributed by atoms with Crippen LogP contribution < -0.4 is 5.32 Å². The van der Waals surface area contributed by atoms with Crippen molar-refractivity contribution in [2.24, 2.45) is 0 Å². The Balaban J connectivity index is 1.78. The molecule has 8 heteroatoms. The Morgan fingerprint density at radius 1 is 0.958 bits per heavy atom. The highest BCUT2D eigenvalue weighted by molar-refractivity contribution is 5.78. The second-order valence-corrected chi connectivity index (χ2v) is 4.82. The molecule has 24 heavy (non-hydrogen) atoms. The first kappa shape index (κ1) is 13.9. The van der Waals surface area contributed by atoms with Gasteiger partial charge in [0.15, 0.2) is 5.76 Å². The molecule has 4 heterocycles. The molecular formula is C16H11N7O. The van der Waals surface area contributed by atoms with Crippen LogP contribution in [0.5, 0.6) is 0 Å². The Labute approximate surface area is 136 Å². The number of hydrogen-bond acceptors (Lipinski definition) is 8. The van der Waals surface area contributed by atoms with Gasteiger partial charge in [0.25, 0.3) is 0 Å². The molecule has 0 spiro atoms. The Bertz CT molecular complexity index is 927. The van der Waals surface area contributed by atoms with E-state index in [-0.39, 0.29) is 0 Å². The standard InChI is InChI=1S/C16H11N7O/c1-2-14(24-5-1)15-13(11-3-4-20-21-6-11)9-19-16(23-15)22-12-7-17-10-18-8-12/h1-10H,(H,19,22,23). The van der Waals surface area contributed by atoms with Crippen LogP contribution in [0.1, 0.15) is 0 Å². The molecular weight excluding hydrogens is 306 g/mol. The third-order valence-electron chi connectivity index (χ3n) is 3.26. The van der Waals surface area contributed by atoms with Gasteiger partial charge in [-0.3, -0.25) is 0 Å². The quantitative estimate of drug-likeness (QED) is 0.613. The number of anilines is 2. The van der Waals surface area contributed by atoms with Gasteiger partial charge in [0.2, 0.25) is 5.95 Å². The Morgan fingerprint density at radius 3 is 2.62 bits per heavy atom. The van der Waals surface area contributed by atoms with E-state index in [0.717, 1.165) is 11.1 Å². The Kier molecular flexibility index (Phi) is 3.61. The molecule has 0 aliphatic rings. The molecule has 0 aliphatic heterocycles. The van der Waals surface area contributed by atoms with Crippen LogP contribution in [0.4, 0.5) is 11.6 Å². The van der Waals surface area contributed by atoms with Gasteiger partial charge in [0.1, 0.15) is 12.0 Å². The van der Waals surface area contributed by atoms with Gasteiger partial charge in [-0.05, 0) is 18.2 Å². The highest BCUT2D eigenvalue weighted by Gasteiger charge is 2.14. The molecule has 0 saturated carbocycles. The normalized spacial score (nSPS) is 10.5. The summed E-state index contributed by atoms with van der Waals surface area (Å²) < 4.78 is 5.51. The van der Waals surface area contributed by atoms with Crippen LogP contribution in [0, 0.1) is 0 Å². The van der Waals surface area contributed by atoms with Crippen molar-refractivity contribution in [3.05, 3.63) is 61.8 Å².